The first kappa shape index (κ1) is 12.7. The van der Waals surface area contributed by atoms with Crippen molar-refractivity contribution in [3.8, 4) is 11.5 Å². The lowest BCUT2D eigenvalue weighted by Gasteiger charge is -2.20. The maximum absolute atomic E-state index is 5.68. The molecule has 4 heteroatoms. The third-order valence-electron chi connectivity index (χ3n) is 4.45. The predicted molar refractivity (Wildman–Crippen MR) is 83.1 cm³/mol. The first-order valence-electron chi connectivity index (χ1n) is 7.73. The number of fused-ring (bicyclic) bond motifs is 2. The van der Waals surface area contributed by atoms with E-state index in [1.54, 1.807) is 0 Å². The van der Waals surface area contributed by atoms with E-state index in [2.05, 4.69) is 17.2 Å². The van der Waals surface area contributed by atoms with Gasteiger partial charge >= 0.3 is 0 Å². The fourth-order valence-corrected chi connectivity index (χ4v) is 2.94. The highest BCUT2D eigenvalue weighted by atomic mass is 16.6. The summed E-state index contributed by atoms with van der Waals surface area (Å²) >= 11 is 0. The van der Waals surface area contributed by atoms with Crippen LogP contribution >= 0.6 is 0 Å². The molecule has 110 valence electrons. The molecule has 1 atom stereocenters. The Morgan fingerprint density at radius 1 is 1.24 bits per heavy atom. The van der Waals surface area contributed by atoms with Crippen molar-refractivity contribution in [1.82, 2.24) is 4.98 Å². The summed E-state index contributed by atoms with van der Waals surface area (Å²) in [5, 5.41) is 5.74. The summed E-state index contributed by atoms with van der Waals surface area (Å²) in [4.78, 5) is 4.50. The molecule has 4 rings (SSSR count). The van der Waals surface area contributed by atoms with E-state index < -0.39 is 0 Å². The quantitative estimate of drug-likeness (QED) is 0.933. The minimum Gasteiger partial charge on any atom is -0.486 e. The SMILES string of the molecule is CC(CNc1nccc2cc3c(cc12)OCCO3)C1CC1. The zero-order chi connectivity index (χ0) is 14.2. The second-order valence-electron chi connectivity index (χ2n) is 6.07. The summed E-state index contributed by atoms with van der Waals surface area (Å²) in [7, 11) is 0. The van der Waals surface area contributed by atoms with Gasteiger partial charge in [-0.2, -0.15) is 0 Å². The van der Waals surface area contributed by atoms with Gasteiger partial charge in [-0.05, 0) is 48.3 Å². The van der Waals surface area contributed by atoms with Gasteiger partial charge in [0.15, 0.2) is 11.5 Å². The minimum absolute atomic E-state index is 0.611. The Morgan fingerprint density at radius 2 is 2.00 bits per heavy atom. The number of nitrogens with zero attached hydrogens (tertiary/aromatic N) is 1. The van der Waals surface area contributed by atoms with Gasteiger partial charge in [0.1, 0.15) is 19.0 Å². The molecule has 0 radical (unpaired) electrons. The Bertz CT molecular complexity index is 667. The van der Waals surface area contributed by atoms with Gasteiger partial charge in [-0.15, -0.1) is 0 Å². The van der Waals surface area contributed by atoms with Gasteiger partial charge in [-0.1, -0.05) is 6.92 Å². The molecule has 2 heterocycles. The van der Waals surface area contributed by atoms with Crippen LogP contribution in [0.3, 0.4) is 0 Å². The maximum atomic E-state index is 5.68. The molecule has 1 N–H and O–H groups in total. The number of hydrogen-bond acceptors (Lipinski definition) is 4. The molecular formula is C17H20N2O2. The van der Waals surface area contributed by atoms with Crippen molar-refractivity contribution >= 4 is 16.6 Å². The van der Waals surface area contributed by atoms with E-state index in [4.69, 9.17) is 9.47 Å². The molecule has 1 saturated carbocycles. The van der Waals surface area contributed by atoms with Gasteiger partial charge in [-0.25, -0.2) is 4.98 Å². The van der Waals surface area contributed by atoms with Crippen molar-refractivity contribution in [3.63, 3.8) is 0 Å². The van der Waals surface area contributed by atoms with Crippen molar-refractivity contribution in [2.24, 2.45) is 11.8 Å². The zero-order valence-corrected chi connectivity index (χ0v) is 12.3. The normalized spacial score (nSPS) is 18.5. The van der Waals surface area contributed by atoms with Crippen LogP contribution < -0.4 is 14.8 Å². The molecule has 1 fully saturated rings. The average Bonchev–Trinajstić information content (AvgIpc) is 3.35. The van der Waals surface area contributed by atoms with Gasteiger partial charge in [0.05, 0.1) is 0 Å². The highest BCUT2D eigenvalue weighted by Gasteiger charge is 2.27. The molecule has 0 spiro atoms. The molecule has 2 aliphatic rings. The third kappa shape index (κ3) is 2.50. The van der Waals surface area contributed by atoms with Gasteiger partial charge in [0.2, 0.25) is 0 Å². The van der Waals surface area contributed by atoms with Gasteiger partial charge in [0.25, 0.3) is 0 Å². The van der Waals surface area contributed by atoms with E-state index in [0.717, 1.165) is 40.6 Å². The Balaban J connectivity index is 1.64. The smallest absolute Gasteiger partial charge is 0.162 e. The average molecular weight is 284 g/mol. The topological polar surface area (TPSA) is 43.4 Å². The van der Waals surface area contributed by atoms with Crippen LogP contribution in [0.15, 0.2) is 24.4 Å². The lowest BCUT2D eigenvalue weighted by Crippen LogP contribution is -2.16. The van der Waals surface area contributed by atoms with Crippen LogP contribution in [0.25, 0.3) is 10.8 Å². The number of hydrogen-bond donors (Lipinski definition) is 1. The van der Waals surface area contributed by atoms with E-state index in [0.29, 0.717) is 19.1 Å². The Labute approximate surface area is 124 Å². The summed E-state index contributed by atoms with van der Waals surface area (Å²) in [5.41, 5.74) is 0. The number of aromatic nitrogens is 1. The molecule has 0 amide bonds. The molecule has 1 unspecified atom stereocenters. The van der Waals surface area contributed by atoms with Crippen LogP contribution in [0.1, 0.15) is 19.8 Å². The largest absolute Gasteiger partial charge is 0.486 e. The molecule has 0 saturated heterocycles. The lowest BCUT2D eigenvalue weighted by molar-refractivity contribution is 0.172. The minimum atomic E-state index is 0.611. The van der Waals surface area contributed by atoms with Crippen molar-refractivity contribution in [1.29, 1.82) is 0 Å². The zero-order valence-electron chi connectivity index (χ0n) is 12.3. The summed E-state index contributed by atoms with van der Waals surface area (Å²) in [6.45, 7) is 4.52. The van der Waals surface area contributed by atoms with Gasteiger partial charge < -0.3 is 14.8 Å². The van der Waals surface area contributed by atoms with E-state index in [-0.39, 0.29) is 0 Å². The van der Waals surface area contributed by atoms with E-state index in [1.807, 2.05) is 24.4 Å². The first-order valence-corrected chi connectivity index (χ1v) is 7.73. The molecule has 4 nitrogen and oxygen atoms in total. The fraction of sp³-hybridized carbons (Fsp3) is 0.471. The van der Waals surface area contributed by atoms with Crippen LogP contribution in [-0.2, 0) is 0 Å². The highest BCUT2D eigenvalue weighted by Crippen LogP contribution is 2.38. The number of rotatable bonds is 4. The second-order valence-corrected chi connectivity index (χ2v) is 6.07. The maximum Gasteiger partial charge on any atom is 0.162 e. The molecule has 1 aliphatic carbocycles. The molecule has 21 heavy (non-hydrogen) atoms. The Hall–Kier alpha value is -1.97. The van der Waals surface area contributed by atoms with Crippen LogP contribution in [0.2, 0.25) is 0 Å². The summed E-state index contributed by atoms with van der Waals surface area (Å²) < 4.78 is 11.3. The first-order chi connectivity index (χ1) is 10.3. The lowest BCUT2D eigenvalue weighted by atomic mass is 10.1. The highest BCUT2D eigenvalue weighted by molar-refractivity contribution is 5.94. The number of ether oxygens (including phenoxy) is 2. The van der Waals surface area contributed by atoms with Gasteiger partial charge in [-0.3, -0.25) is 0 Å². The molecule has 1 aromatic heterocycles. The molecule has 1 aliphatic heterocycles. The van der Waals surface area contributed by atoms with E-state index in [9.17, 15) is 0 Å². The number of pyridine rings is 1. The monoisotopic (exact) mass is 284 g/mol. The van der Waals surface area contributed by atoms with E-state index >= 15 is 0 Å². The number of benzene rings is 1. The second kappa shape index (κ2) is 5.10. The van der Waals surface area contributed by atoms with Crippen LogP contribution in [0.4, 0.5) is 5.82 Å². The fourth-order valence-electron chi connectivity index (χ4n) is 2.94. The molecule has 2 aromatic rings. The Morgan fingerprint density at radius 3 is 2.76 bits per heavy atom. The van der Waals surface area contributed by atoms with Gasteiger partial charge in [0, 0.05) is 18.1 Å². The van der Waals surface area contributed by atoms with Crippen LogP contribution in [-0.4, -0.2) is 24.7 Å². The van der Waals surface area contributed by atoms with E-state index in [1.165, 1.54) is 12.8 Å². The van der Waals surface area contributed by atoms with Crippen molar-refractivity contribution in [3.05, 3.63) is 24.4 Å². The summed E-state index contributed by atoms with van der Waals surface area (Å²) in [5.74, 6) is 4.20. The summed E-state index contributed by atoms with van der Waals surface area (Å²) in [6.07, 6.45) is 4.61. The molecule has 0 bridgehead atoms. The Kier molecular flexibility index (Phi) is 3.09. The van der Waals surface area contributed by atoms with Crippen molar-refractivity contribution in [2.75, 3.05) is 25.1 Å². The predicted octanol–water partition coefficient (Wildman–Crippen LogP) is 3.46. The standard InChI is InChI=1S/C17H20N2O2/c1-11(12-2-3-12)10-19-17-14-9-16-15(20-6-7-21-16)8-13(14)4-5-18-17/h4-5,8-9,11-12H,2-3,6-7,10H2,1H3,(H,18,19). The number of nitrogens with one attached hydrogen (secondary N) is 1. The summed E-state index contributed by atoms with van der Waals surface area (Å²) in [6, 6.07) is 6.10. The van der Waals surface area contributed by atoms with Crippen molar-refractivity contribution < 1.29 is 9.47 Å². The third-order valence-corrected chi connectivity index (χ3v) is 4.45. The van der Waals surface area contributed by atoms with Crippen molar-refractivity contribution in [2.45, 2.75) is 19.8 Å². The number of anilines is 1. The van der Waals surface area contributed by atoms with Crippen LogP contribution in [0, 0.1) is 11.8 Å². The molecule has 1 aromatic carbocycles. The van der Waals surface area contributed by atoms with Crippen LogP contribution in [0.5, 0.6) is 11.5 Å². The molecular weight excluding hydrogens is 264 g/mol.